The monoisotopic (exact) mass is 629 g/mol. The van der Waals surface area contributed by atoms with E-state index in [4.69, 9.17) is 57.2 Å². The predicted octanol–water partition coefficient (Wildman–Crippen LogP) is 7.69. The number of ketones is 1. The van der Waals surface area contributed by atoms with E-state index in [1.165, 1.54) is 46.2 Å². The van der Waals surface area contributed by atoms with E-state index in [-0.39, 0.29) is 14.6 Å². The number of carbonyl (C=O) groups excluding carboxylic acids is 1. The molecule has 0 spiro atoms. The van der Waals surface area contributed by atoms with E-state index >= 15 is 0 Å². The maximum absolute atomic E-state index is 10.8. The van der Waals surface area contributed by atoms with E-state index in [2.05, 4.69) is 49.3 Å². The molecule has 0 aliphatic heterocycles. The molecule has 0 aromatic heterocycles. The number of thioether (sulfide) groups is 2. The van der Waals surface area contributed by atoms with Crippen LogP contribution in [0.2, 0.25) is 0 Å². The first-order chi connectivity index (χ1) is 13.3. The van der Waals surface area contributed by atoms with Crippen molar-refractivity contribution in [3.8, 4) is 0 Å². The van der Waals surface area contributed by atoms with Gasteiger partial charge in [-0.25, -0.2) is 0 Å². The van der Waals surface area contributed by atoms with E-state index in [1.54, 1.807) is 0 Å². The molecule has 0 aromatic carbocycles. The summed E-state index contributed by atoms with van der Waals surface area (Å²) in [5.74, 6) is -1.79. The second-order valence-electron chi connectivity index (χ2n) is 5.43. The van der Waals surface area contributed by atoms with Gasteiger partial charge >= 0.3 is 13.4 Å². The summed E-state index contributed by atoms with van der Waals surface area (Å²) in [7, 11) is 0. The number of thiol groups is 1. The Labute approximate surface area is 237 Å². The van der Waals surface area contributed by atoms with Crippen molar-refractivity contribution >= 4 is 150 Å². The third-order valence-corrected chi connectivity index (χ3v) is 4.41. The van der Waals surface area contributed by atoms with E-state index in [0.29, 0.717) is 3.53 Å². The maximum Gasteiger partial charge on any atom is 1.00 e. The van der Waals surface area contributed by atoms with Crippen molar-refractivity contribution in [2.45, 2.75) is 62.8 Å². The van der Waals surface area contributed by atoms with Gasteiger partial charge in [-0.1, -0.05) is 90.2 Å². The van der Waals surface area contributed by atoms with Crippen molar-refractivity contribution < 1.29 is 26.0 Å². The van der Waals surface area contributed by atoms with Crippen LogP contribution in [0.1, 0.15) is 50.4 Å². The molecular weight excluding hydrogens is 603 g/mol. The molecule has 15 heteroatoms. The zero-order chi connectivity index (χ0) is 25.7. The van der Waals surface area contributed by atoms with Gasteiger partial charge in [0.2, 0.25) is 0 Å². The van der Waals surface area contributed by atoms with Crippen LogP contribution in [0.3, 0.4) is 0 Å². The van der Waals surface area contributed by atoms with Gasteiger partial charge in [-0.05, 0) is 66.0 Å². The minimum absolute atomic E-state index is 0. The molecule has 31 heavy (non-hydrogen) atoms. The number of carboxylic acid groups (broad SMARTS) is 2. The van der Waals surface area contributed by atoms with Crippen LogP contribution in [0.25, 0.3) is 0 Å². The molecule has 0 aromatic rings. The summed E-state index contributed by atoms with van der Waals surface area (Å²) in [5, 5.41) is 17.8. The van der Waals surface area contributed by atoms with Gasteiger partial charge in [-0.15, -0.1) is 12.6 Å². The minimum Gasteiger partial charge on any atom is -0.480 e. The first-order valence-electron chi connectivity index (χ1n) is 7.14. The van der Waals surface area contributed by atoms with Gasteiger partial charge in [-0.2, -0.15) is 0 Å². The molecule has 0 bridgehead atoms. The third kappa shape index (κ3) is 49.2. The second-order valence-corrected chi connectivity index (χ2v) is 13.4. The lowest BCUT2D eigenvalue weighted by atomic mass is 10.2. The first-order valence-corrected chi connectivity index (χ1v) is 12.3. The van der Waals surface area contributed by atoms with Crippen LogP contribution in [-0.2, 0) is 14.4 Å². The zero-order valence-electron chi connectivity index (χ0n) is 17.8. The number of Topliss-reactive ketones (excluding diaryl/α,β-unsaturated/α-hetero) is 1. The third-order valence-electron chi connectivity index (χ3n) is 1.71. The molecule has 0 heterocycles. The standard InChI is InChI=1S/C9H14O4S3.C3H6O.CHCl3.CH2S2.CS2.CH4/c1-8(2,5(10)11)15-7(14)16-9(3,4)6(12)13;1-3(2)4;2-1(3)4;2*2-1-3;/h1-4H3,(H,10,11)(H,12,13);1-2H3;1H;1H,(H,2,3);;1H4/p+1. The molecule has 0 fully saturated rings. The SMILES string of the molecule is C.CC(C)(SC(=S)SC(C)(C)C(=O)O)C(=O)O.CC(C)=O.ClC(Cl)Cl.S=C=S.S=CS.[H+]. The summed E-state index contributed by atoms with van der Waals surface area (Å²) in [5.41, 5.74) is 0. The number of carboxylic acids is 2. The van der Waals surface area contributed by atoms with Crippen molar-refractivity contribution in [3.05, 3.63) is 0 Å². The molecule has 0 unspecified atom stereocenters. The number of halogens is 3. The van der Waals surface area contributed by atoms with Crippen LogP contribution in [0.15, 0.2) is 0 Å². The number of rotatable bonds is 4. The van der Waals surface area contributed by atoms with Crippen LogP contribution in [0.4, 0.5) is 0 Å². The van der Waals surface area contributed by atoms with E-state index in [9.17, 15) is 14.4 Å². The van der Waals surface area contributed by atoms with Gasteiger partial charge in [0, 0.05) is 9.01 Å². The average molecular weight is 631 g/mol. The molecule has 184 valence electrons. The summed E-state index contributed by atoms with van der Waals surface area (Å²) in [6, 6.07) is 0. The van der Waals surface area contributed by atoms with Gasteiger partial charge in [-0.3, -0.25) is 9.59 Å². The van der Waals surface area contributed by atoms with Crippen molar-refractivity contribution in [1.82, 2.24) is 0 Å². The lowest BCUT2D eigenvalue weighted by Gasteiger charge is -2.22. The largest absolute Gasteiger partial charge is 1.00 e. The highest BCUT2D eigenvalue weighted by Gasteiger charge is 2.34. The summed E-state index contributed by atoms with van der Waals surface area (Å²) < 4.78 is 0.678. The Bertz CT molecular complexity index is 550. The normalized spacial score (nSPS) is 9.00. The lowest BCUT2D eigenvalue weighted by Crippen LogP contribution is -2.31. The van der Waals surface area contributed by atoms with Crippen LogP contribution >= 0.6 is 120 Å². The van der Waals surface area contributed by atoms with Crippen molar-refractivity contribution in [2.24, 2.45) is 0 Å². The highest BCUT2D eigenvalue weighted by Crippen LogP contribution is 2.36. The van der Waals surface area contributed by atoms with Gasteiger partial charge < -0.3 is 15.0 Å². The minimum atomic E-state index is -1.04. The molecule has 0 atom stereocenters. The molecule has 0 amide bonds. The van der Waals surface area contributed by atoms with Crippen molar-refractivity contribution in [1.29, 1.82) is 0 Å². The quantitative estimate of drug-likeness (QED) is 0.162. The van der Waals surface area contributed by atoms with Crippen LogP contribution in [0.5, 0.6) is 0 Å². The smallest absolute Gasteiger partial charge is 0.480 e. The second kappa shape index (κ2) is 27.2. The molecular formula is C16H28Cl3O5S7+. The predicted molar refractivity (Wildman–Crippen MR) is 160 cm³/mol. The Kier molecular flexibility index (Phi) is 39.8. The molecule has 0 rings (SSSR count). The van der Waals surface area contributed by atoms with E-state index < -0.39 is 25.7 Å². The Morgan fingerprint density at radius 2 is 1.13 bits per heavy atom. The molecule has 0 aliphatic carbocycles. The van der Waals surface area contributed by atoms with Gasteiger partial charge in [0.05, 0.1) is 0 Å². The molecule has 0 aliphatic rings. The average Bonchev–Trinajstić information content (AvgIpc) is 2.45. The molecule has 0 radical (unpaired) electrons. The van der Waals surface area contributed by atoms with Crippen LogP contribution in [0, 0.1) is 0 Å². The van der Waals surface area contributed by atoms with Crippen molar-refractivity contribution in [2.75, 3.05) is 0 Å². The number of alkyl halides is 3. The number of thiocarbonyl (C=S) groups is 4. The highest BCUT2D eigenvalue weighted by molar-refractivity contribution is 8.48. The van der Waals surface area contributed by atoms with E-state index in [1.807, 2.05) is 4.31 Å². The molecule has 5 nitrogen and oxygen atoms in total. The summed E-state index contributed by atoms with van der Waals surface area (Å²) in [6.45, 7) is 9.17. The summed E-state index contributed by atoms with van der Waals surface area (Å²) in [4.78, 5) is 31.1. The van der Waals surface area contributed by atoms with Crippen LogP contribution in [-0.4, -0.2) is 54.3 Å². The lowest BCUT2D eigenvalue weighted by molar-refractivity contribution is -0.139. The van der Waals surface area contributed by atoms with Gasteiger partial charge in [0.15, 0.2) is 4.30 Å². The summed E-state index contributed by atoms with van der Waals surface area (Å²) in [6.07, 6.45) is 0. The zero-order valence-corrected chi connectivity index (χ0v) is 24.9. The Balaban J connectivity index is -0.0000000645. The number of hydrogen-bond donors (Lipinski definition) is 3. The molecule has 0 saturated heterocycles. The van der Waals surface area contributed by atoms with Gasteiger partial charge in [0.1, 0.15) is 18.8 Å². The molecule has 0 saturated carbocycles. The first kappa shape index (κ1) is 45.4. The van der Waals surface area contributed by atoms with Crippen LogP contribution < -0.4 is 0 Å². The van der Waals surface area contributed by atoms with Gasteiger partial charge in [0.25, 0.3) is 0 Å². The fraction of sp³-hybridized carbons (Fsp3) is 0.625. The topological polar surface area (TPSA) is 91.7 Å². The molecule has 2 N–H and O–H groups in total. The fourth-order valence-corrected chi connectivity index (χ4v) is 4.20. The van der Waals surface area contributed by atoms with Crippen molar-refractivity contribution in [3.63, 3.8) is 0 Å². The highest BCUT2D eigenvalue weighted by atomic mass is 35.6. The number of aliphatic carboxylic acids is 2. The Morgan fingerprint density at radius 3 is 1.23 bits per heavy atom. The van der Waals surface area contributed by atoms with E-state index in [0.717, 1.165) is 23.5 Å². The number of carbonyl (C=O) groups is 3. The Morgan fingerprint density at radius 1 is 1.00 bits per heavy atom. The Hall–Kier alpha value is 0.930. The maximum atomic E-state index is 10.8. The number of hydrogen-bond acceptors (Lipinski definition) is 9. The summed E-state index contributed by atoms with van der Waals surface area (Å²) >= 11 is 36.9. The fourth-order valence-electron chi connectivity index (χ4n) is 0.525.